The maximum Gasteiger partial charge on any atom is 0.232 e. The molecule has 2 aliphatic rings. The van der Waals surface area contributed by atoms with Crippen LogP contribution in [-0.4, -0.2) is 11.7 Å². The highest BCUT2D eigenvalue weighted by atomic mass is 35.5. The summed E-state index contributed by atoms with van der Waals surface area (Å²) in [6, 6.07) is 16.4. The van der Waals surface area contributed by atoms with E-state index in [4.69, 9.17) is 16.9 Å². The van der Waals surface area contributed by atoms with E-state index in [2.05, 4.69) is 19.9 Å². The monoisotopic (exact) mass is 404 g/mol. The van der Waals surface area contributed by atoms with Crippen LogP contribution in [0.2, 0.25) is 5.02 Å². The number of nitriles is 1. The summed E-state index contributed by atoms with van der Waals surface area (Å²) in [5.74, 6) is -0.200. The first-order valence-electron chi connectivity index (χ1n) is 9.64. The van der Waals surface area contributed by atoms with Crippen LogP contribution in [0.4, 0.5) is 5.69 Å². The summed E-state index contributed by atoms with van der Waals surface area (Å²) >= 11 is 6.03. The zero-order valence-electron chi connectivity index (χ0n) is 16.4. The molecular formula is C24H21ClN2O2. The molecule has 1 unspecified atom stereocenters. The summed E-state index contributed by atoms with van der Waals surface area (Å²) in [5.41, 5.74) is 3.46. The number of rotatable bonds is 2. The van der Waals surface area contributed by atoms with Crippen LogP contribution in [0.25, 0.3) is 0 Å². The van der Waals surface area contributed by atoms with E-state index >= 15 is 0 Å². The van der Waals surface area contributed by atoms with Gasteiger partial charge in [-0.25, -0.2) is 0 Å². The fourth-order valence-corrected chi connectivity index (χ4v) is 4.51. The third-order valence-electron chi connectivity index (χ3n) is 5.67. The maximum absolute atomic E-state index is 13.3. The van der Waals surface area contributed by atoms with Gasteiger partial charge in [0.25, 0.3) is 0 Å². The molecule has 1 heterocycles. The Labute approximate surface area is 175 Å². The average molecular weight is 405 g/mol. The Morgan fingerprint density at radius 3 is 2.31 bits per heavy atom. The van der Waals surface area contributed by atoms with Gasteiger partial charge in [-0.2, -0.15) is 5.26 Å². The molecule has 0 saturated heterocycles. The van der Waals surface area contributed by atoms with Gasteiger partial charge in [0.2, 0.25) is 5.91 Å². The van der Waals surface area contributed by atoms with Crippen molar-refractivity contribution in [2.75, 3.05) is 4.90 Å². The fourth-order valence-electron chi connectivity index (χ4n) is 4.38. The predicted octanol–water partition coefficient (Wildman–Crippen LogP) is 5.38. The molecule has 5 heteroatoms. The third-order valence-corrected chi connectivity index (χ3v) is 5.92. The van der Waals surface area contributed by atoms with Crippen LogP contribution in [0.5, 0.6) is 0 Å². The average Bonchev–Trinajstić information content (AvgIpc) is 2.67. The van der Waals surface area contributed by atoms with E-state index in [1.165, 1.54) is 0 Å². The van der Waals surface area contributed by atoms with Gasteiger partial charge in [0, 0.05) is 40.7 Å². The Bertz CT molecular complexity index is 1060. The molecular weight excluding hydrogens is 384 g/mol. The molecule has 29 heavy (non-hydrogen) atoms. The number of anilines is 1. The molecule has 2 aromatic rings. The summed E-state index contributed by atoms with van der Waals surface area (Å²) in [4.78, 5) is 28.2. The second-order valence-corrected chi connectivity index (χ2v) is 8.93. The Morgan fingerprint density at radius 2 is 1.69 bits per heavy atom. The standard InChI is InChI=1S/C24H21ClN2O2/c1-24(2)12-20-23(21(28)13-24)19(16-5-7-17(25)8-6-16)11-22(29)27(20)18-9-3-15(14-26)4-10-18/h3-10,19H,11-13H2,1-2H3. The topological polar surface area (TPSA) is 61.2 Å². The number of amides is 1. The molecule has 0 N–H and O–H groups in total. The van der Waals surface area contributed by atoms with Crippen LogP contribution in [0.15, 0.2) is 59.8 Å². The summed E-state index contributed by atoms with van der Waals surface area (Å²) < 4.78 is 0. The molecule has 0 aromatic heterocycles. The number of carbonyl (C=O) groups is 2. The van der Waals surface area contributed by atoms with E-state index in [-0.39, 0.29) is 29.4 Å². The summed E-state index contributed by atoms with van der Waals surface area (Å²) in [6.07, 6.45) is 1.34. The van der Waals surface area contributed by atoms with Crippen molar-refractivity contribution in [3.8, 4) is 6.07 Å². The summed E-state index contributed by atoms with van der Waals surface area (Å²) in [5, 5.41) is 9.69. The molecule has 1 aliphatic carbocycles. The number of benzene rings is 2. The van der Waals surface area contributed by atoms with Crippen molar-refractivity contribution >= 4 is 29.0 Å². The molecule has 0 bridgehead atoms. The first-order chi connectivity index (χ1) is 13.8. The quantitative estimate of drug-likeness (QED) is 0.675. The van der Waals surface area contributed by atoms with Crippen LogP contribution >= 0.6 is 11.6 Å². The summed E-state index contributed by atoms with van der Waals surface area (Å²) in [6.45, 7) is 4.12. The minimum Gasteiger partial charge on any atom is -0.294 e. The van der Waals surface area contributed by atoms with Crippen molar-refractivity contribution in [2.24, 2.45) is 5.41 Å². The van der Waals surface area contributed by atoms with Gasteiger partial charge in [0.1, 0.15) is 0 Å². The highest BCUT2D eigenvalue weighted by Crippen LogP contribution is 2.48. The van der Waals surface area contributed by atoms with Crippen molar-refractivity contribution in [2.45, 2.75) is 39.0 Å². The van der Waals surface area contributed by atoms with Crippen molar-refractivity contribution in [3.63, 3.8) is 0 Å². The lowest BCUT2D eigenvalue weighted by Gasteiger charge is -2.43. The SMILES string of the molecule is CC1(C)CC(=O)C2=C(C1)N(c1ccc(C#N)cc1)C(=O)CC2c1ccc(Cl)cc1. The molecule has 0 fully saturated rings. The molecule has 4 nitrogen and oxygen atoms in total. The van der Waals surface area contributed by atoms with Gasteiger partial charge in [0.05, 0.1) is 11.6 Å². The molecule has 4 rings (SSSR count). The Hall–Kier alpha value is -2.90. The first kappa shape index (κ1) is 19.4. The smallest absolute Gasteiger partial charge is 0.232 e. The van der Waals surface area contributed by atoms with Crippen LogP contribution in [-0.2, 0) is 9.59 Å². The van der Waals surface area contributed by atoms with Crippen molar-refractivity contribution in [1.29, 1.82) is 5.26 Å². The van der Waals surface area contributed by atoms with Crippen LogP contribution in [0.3, 0.4) is 0 Å². The Morgan fingerprint density at radius 1 is 1.03 bits per heavy atom. The van der Waals surface area contributed by atoms with Gasteiger partial charge in [-0.1, -0.05) is 37.6 Å². The van der Waals surface area contributed by atoms with Gasteiger partial charge in [0.15, 0.2) is 5.78 Å². The van der Waals surface area contributed by atoms with E-state index < -0.39 is 0 Å². The minimum absolute atomic E-state index is 0.0427. The van der Waals surface area contributed by atoms with Gasteiger partial charge in [-0.05, 0) is 53.8 Å². The lowest BCUT2D eigenvalue weighted by molar-refractivity contribution is -0.121. The van der Waals surface area contributed by atoms with Crippen LogP contribution in [0, 0.1) is 16.7 Å². The number of carbonyl (C=O) groups excluding carboxylic acids is 2. The molecule has 146 valence electrons. The largest absolute Gasteiger partial charge is 0.294 e. The Balaban J connectivity index is 1.87. The van der Waals surface area contributed by atoms with Crippen molar-refractivity contribution in [1.82, 2.24) is 0 Å². The van der Waals surface area contributed by atoms with Gasteiger partial charge in [-0.15, -0.1) is 0 Å². The molecule has 1 aliphatic heterocycles. The molecule has 0 saturated carbocycles. The highest BCUT2D eigenvalue weighted by molar-refractivity contribution is 6.30. The van der Waals surface area contributed by atoms with Gasteiger partial charge in [-0.3, -0.25) is 14.5 Å². The van der Waals surface area contributed by atoms with E-state index in [1.54, 1.807) is 41.3 Å². The molecule has 1 atom stereocenters. The Kier molecular flexibility index (Phi) is 4.80. The number of hydrogen-bond acceptors (Lipinski definition) is 3. The van der Waals surface area contributed by atoms with E-state index in [1.807, 2.05) is 12.1 Å². The fraction of sp³-hybridized carbons (Fsp3) is 0.292. The van der Waals surface area contributed by atoms with E-state index in [0.29, 0.717) is 29.1 Å². The molecule has 0 radical (unpaired) electrons. The number of ketones is 1. The van der Waals surface area contributed by atoms with Crippen LogP contribution in [0.1, 0.15) is 50.2 Å². The number of allylic oxidation sites excluding steroid dienone is 2. The zero-order chi connectivity index (χ0) is 20.8. The van der Waals surface area contributed by atoms with Crippen LogP contribution < -0.4 is 4.90 Å². The number of halogens is 1. The molecule has 1 amide bonds. The second kappa shape index (κ2) is 7.17. The van der Waals surface area contributed by atoms with Crippen molar-refractivity contribution in [3.05, 3.63) is 76.0 Å². The second-order valence-electron chi connectivity index (χ2n) is 8.50. The lowest BCUT2D eigenvalue weighted by atomic mass is 9.69. The maximum atomic E-state index is 13.3. The molecule has 2 aromatic carbocycles. The summed E-state index contributed by atoms with van der Waals surface area (Å²) in [7, 11) is 0. The number of Topliss-reactive ketones (excluding diaryl/α,β-unsaturated/α-hetero) is 1. The normalized spacial score (nSPS) is 21.0. The van der Waals surface area contributed by atoms with Crippen molar-refractivity contribution < 1.29 is 9.59 Å². The van der Waals surface area contributed by atoms with E-state index in [0.717, 1.165) is 16.8 Å². The first-order valence-corrected chi connectivity index (χ1v) is 10.0. The van der Waals surface area contributed by atoms with Gasteiger partial charge < -0.3 is 0 Å². The highest BCUT2D eigenvalue weighted by Gasteiger charge is 2.44. The molecule has 0 spiro atoms. The zero-order valence-corrected chi connectivity index (χ0v) is 17.2. The predicted molar refractivity (Wildman–Crippen MR) is 113 cm³/mol. The lowest BCUT2D eigenvalue weighted by Crippen LogP contribution is -2.43. The number of hydrogen-bond donors (Lipinski definition) is 0. The third kappa shape index (κ3) is 3.59. The number of nitrogens with zero attached hydrogens (tertiary/aromatic N) is 2. The minimum atomic E-state index is -0.256. The van der Waals surface area contributed by atoms with Gasteiger partial charge >= 0.3 is 0 Å². The van der Waals surface area contributed by atoms with E-state index in [9.17, 15) is 9.59 Å².